The smallest absolute Gasteiger partial charge is 0.255 e. The second kappa shape index (κ2) is 2.11. The third-order valence-corrected chi connectivity index (χ3v) is 0.823. The van der Waals surface area contributed by atoms with Gasteiger partial charge in [0, 0.05) is 0 Å². The molecule has 0 aromatic heterocycles. The first-order chi connectivity index (χ1) is 3.50. The van der Waals surface area contributed by atoms with E-state index in [9.17, 15) is 9.90 Å². The maximum Gasteiger partial charge on any atom is 0.255 e. The van der Waals surface area contributed by atoms with Gasteiger partial charge in [-0.2, -0.15) is 0 Å². The summed E-state index contributed by atoms with van der Waals surface area (Å²) in [7, 11) is 0. The lowest BCUT2D eigenvalue weighted by Crippen LogP contribution is -2.42. The van der Waals surface area contributed by atoms with Crippen LogP contribution in [0.4, 0.5) is 0 Å². The molecule has 0 aliphatic carbocycles. The summed E-state index contributed by atoms with van der Waals surface area (Å²) in [4.78, 5) is 10.0. The van der Waals surface area contributed by atoms with E-state index < -0.39 is 18.1 Å². The summed E-state index contributed by atoms with van der Waals surface area (Å²) in [5, 5.41) is 18.6. The molecule has 3 N–H and O–H groups in total. The molecular formula is C4H8NO3. The molecule has 8 heavy (non-hydrogen) atoms. The van der Waals surface area contributed by atoms with Gasteiger partial charge in [0.25, 0.3) is 5.91 Å². The fourth-order valence-corrected chi connectivity index (χ4v) is 0.0779. The standard InChI is InChI=1S/C4H8NO3/c1-4(8,2-6)3(5)7/h6H,2H2,1H3,(H2,5,7). The number of hydrogen-bond donors (Lipinski definition) is 2. The molecule has 0 aliphatic heterocycles. The van der Waals surface area contributed by atoms with E-state index in [4.69, 9.17) is 5.11 Å². The summed E-state index contributed by atoms with van der Waals surface area (Å²) in [5.41, 5.74) is 2.56. The van der Waals surface area contributed by atoms with Gasteiger partial charge in [0.05, 0.1) is 6.61 Å². The Morgan fingerprint density at radius 2 is 2.25 bits per heavy atom. The molecule has 1 amide bonds. The number of carbonyl (C=O) groups excluding carboxylic acids is 1. The molecule has 0 aliphatic rings. The Morgan fingerprint density at radius 1 is 1.88 bits per heavy atom. The van der Waals surface area contributed by atoms with Crippen molar-refractivity contribution in [2.75, 3.05) is 6.61 Å². The molecular weight excluding hydrogens is 110 g/mol. The summed E-state index contributed by atoms with van der Waals surface area (Å²) in [5.74, 6) is -1.03. The van der Waals surface area contributed by atoms with Gasteiger partial charge in [-0.05, 0) is 6.92 Å². The number of carbonyl (C=O) groups is 1. The summed E-state index contributed by atoms with van der Waals surface area (Å²) in [6.45, 7) is 0.289. The highest BCUT2D eigenvalue weighted by Crippen LogP contribution is 1.98. The van der Waals surface area contributed by atoms with Crippen LogP contribution in [0.25, 0.3) is 0 Å². The lowest BCUT2D eigenvalue weighted by molar-refractivity contribution is -0.146. The van der Waals surface area contributed by atoms with Gasteiger partial charge < -0.3 is 10.8 Å². The van der Waals surface area contributed by atoms with Crippen LogP contribution in [0.15, 0.2) is 0 Å². The second-order valence-electron chi connectivity index (χ2n) is 1.75. The highest BCUT2D eigenvalue weighted by atomic mass is 16.3. The number of nitrogens with two attached hydrogens (primary N) is 1. The maximum atomic E-state index is 10.4. The van der Waals surface area contributed by atoms with Crippen LogP contribution in [-0.2, 0) is 9.90 Å². The summed E-state index contributed by atoms with van der Waals surface area (Å²) >= 11 is 0. The molecule has 0 saturated heterocycles. The van der Waals surface area contributed by atoms with E-state index in [0.717, 1.165) is 6.92 Å². The van der Waals surface area contributed by atoms with Crippen molar-refractivity contribution >= 4 is 5.91 Å². The Hall–Kier alpha value is -0.610. The molecule has 0 aromatic carbocycles. The minimum atomic E-state index is -2.01. The molecule has 0 bridgehead atoms. The molecule has 0 saturated carbocycles. The zero-order chi connectivity index (χ0) is 6.78. The lowest BCUT2D eigenvalue weighted by Gasteiger charge is -2.10. The molecule has 0 spiro atoms. The second-order valence-corrected chi connectivity index (χ2v) is 1.75. The normalized spacial score (nSPS) is 17.4. The quantitative estimate of drug-likeness (QED) is 0.470. The topological polar surface area (TPSA) is 83.2 Å². The minimum Gasteiger partial charge on any atom is -0.393 e. The van der Waals surface area contributed by atoms with Gasteiger partial charge in [0.15, 0.2) is 0 Å². The maximum absolute atomic E-state index is 10.4. The number of primary amides is 1. The molecule has 0 heterocycles. The first-order valence-electron chi connectivity index (χ1n) is 2.12. The predicted molar refractivity (Wildman–Crippen MR) is 25.4 cm³/mol. The van der Waals surface area contributed by atoms with Crippen molar-refractivity contribution in [1.29, 1.82) is 0 Å². The van der Waals surface area contributed by atoms with Crippen molar-refractivity contribution in [2.45, 2.75) is 12.5 Å². The number of aliphatic hydroxyl groups excluding tert-OH is 1. The third-order valence-electron chi connectivity index (χ3n) is 0.823. The van der Waals surface area contributed by atoms with Gasteiger partial charge in [0.2, 0.25) is 5.60 Å². The molecule has 0 aromatic rings. The molecule has 0 fully saturated rings. The van der Waals surface area contributed by atoms with Crippen LogP contribution in [0.2, 0.25) is 0 Å². The van der Waals surface area contributed by atoms with Crippen LogP contribution >= 0.6 is 0 Å². The minimum absolute atomic E-state index is 0.748. The first-order valence-corrected chi connectivity index (χ1v) is 2.12. The van der Waals surface area contributed by atoms with Crippen molar-refractivity contribution < 1.29 is 15.0 Å². The van der Waals surface area contributed by atoms with Crippen LogP contribution in [0, 0.1) is 0 Å². The zero-order valence-corrected chi connectivity index (χ0v) is 4.55. The van der Waals surface area contributed by atoms with Crippen LogP contribution in [0.5, 0.6) is 0 Å². The number of hydrogen-bond acceptors (Lipinski definition) is 2. The van der Waals surface area contributed by atoms with E-state index in [2.05, 4.69) is 5.73 Å². The fraction of sp³-hybridized carbons (Fsp3) is 0.750. The van der Waals surface area contributed by atoms with Crippen LogP contribution in [0.1, 0.15) is 6.92 Å². The highest BCUT2D eigenvalue weighted by molar-refractivity contribution is 5.82. The van der Waals surface area contributed by atoms with Gasteiger partial charge >= 0.3 is 0 Å². The summed E-state index contributed by atoms with van der Waals surface area (Å²) in [6, 6.07) is 0. The van der Waals surface area contributed by atoms with Crippen molar-refractivity contribution in [3.63, 3.8) is 0 Å². The zero-order valence-electron chi connectivity index (χ0n) is 4.55. The Morgan fingerprint density at radius 3 is 2.25 bits per heavy atom. The fourth-order valence-electron chi connectivity index (χ4n) is 0.0779. The van der Waals surface area contributed by atoms with Gasteiger partial charge in [-0.15, -0.1) is 0 Å². The predicted octanol–water partition coefficient (Wildman–Crippen LogP) is -1.35. The van der Waals surface area contributed by atoms with Crippen molar-refractivity contribution in [2.24, 2.45) is 5.73 Å². The first kappa shape index (κ1) is 7.39. The van der Waals surface area contributed by atoms with Crippen LogP contribution in [-0.4, -0.2) is 23.2 Å². The van der Waals surface area contributed by atoms with Crippen LogP contribution in [0.3, 0.4) is 0 Å². The van der Waals surface area contributed by atoms with Gasteiger partial charge in [-0.1, -0.05) is 0 Å². The van der Waals surface area contributed by atoms with Crippen molar-refractivity contribution in [3.8, 4) is 0 Å². The largest absolute Gasteiger partial charge is 0.393 e. The Kier molecular flexibility index (Phi) is 1.94. The molecule has 4 heteroatoms. The average Bonchev–Trinajstić information content (AvgIpc) is 1.67. The van der Waals surface area contributed by atoms with E-state index in [1.807, 2.05) is 0 Å². The number of aliphatic hydroxyl groups is 1. The average molecular weight is 118 g/mol. The Bertz CT molecular complexity index is 99.5. The van der Waals surface area contributed by atoms with E-state index in [1.165, 1.54) is 0 Å². The van der Waals surface area contributed by atoms with Gasteiger partial charge in [-0.3, -0.25) is 4.79 Å². The molecule has 1 atom stereocenters. The Balaban J connectivity index is 3.91. The van der Waals surface area contributed by atoms with E-state index in [0.29, 0.717) is 0 Å². The number of amides is 1. The van der Waals surface area contributed by atoms with E-state index in [-0.39, 0.29) is 0 Å². The SMILES string of the molecule is CC([O])(CO)C(N)=O. The summed E-state index contributed by atoms with van der Waals surface area (Å²) in [6.07, 6.45) is 0. The van der Waals surface area contributed by atoms with Crippen molar-refractivity contribution in [1.82, 2.24) is 0 Å². The lowest BCUT2D eigenvalue weighted by atomic mass is 10.1. The molecule has 1 radical (unpaired) electrons. The van der Waals surface area contributed by atoms with Gasteiger partial charge in [-0.25, -0.2) is 5.11 Å². The van der Waals surface area contributed by atoms with Gasteiger partial charge in [0.1, 0.15) is 0 Å². The molecule has 47 valence electrons. The number of rotatable bonds is 2. The van der Waals surface area contributed by atoms with E-state index in [1.54, 1.807) is 0 Å². The molecule has 1 unspecified atom stereocenters. The summed E-state index contributed by atoms with van der Waals surface area (Å²) < 4.78 is 0. The Labute approximate surface area is 46.9 Å². The highest BCUT2D eigenvalue weighted by Gasteiger charge is 2.28. The molecule has 4 nitrogen and oxygen atoms in total. The third kappa shape index (κ3) is 1.48. The van der Waals surface area contributed by atoms with E-state index >= 15 is 0 Å². The van der Waals surface area contributed by atoms with Crippen LogP contribution < -0.4 is 5.73 Å². The molecule has 0 rings (SSSR count). The monoisotopic (exact) mass is 118 g/mol. The van der Waals surface area contributed by atoms with Crippen molar-refractivity contribution in [3.05, 3.63) is 0 Å².